The van der Waals surface area contributed by atoms with Crippen molar-refractivity contribution in [2.45, 2.75) is 19.6 Å². The Hall–Kier alpha value is -2.71. The highest BCUT2D eigenvalue weighted by Gasteiger charge is 2.18. The Kier molecular flexibility index (Phi) is 6.20. The standard InChI is InChI=1S/C18H18ClN3O4S/c1-11(26-14-6-7-15-16(8-14)25-10-24-15)17(23)21-22-18(27)20-9-12-2-4-13(19)5-3-12/h2-8,11H,9-10H2,1H3,(H,21,23)(H2,20,22,27)/t11-/m0/s1. The molecular weight excluding hydrogens is 390 g/mol. The summed E-state index contributed by atoms with van der Waals surface area (Å²) in [5, 5.41) is 3.94. The first-order valence-corrected chi connectivity index (χ1v) is 8.94. The van der Waals surface area contributed by atoms with Gasteiger partial charge in [0.05, 0.1) is 0 Å². The maximum atomic E-state index is 12.1. The molecule has 0 fully saturated rings. The number of hydrazine groups is 1. The number of carbonyl (C=O) groups excluding carboxylic acids is 1. The highest BCUT2D eigenvalue weighted by atomic mass is 35.5. The first-order valence-electron chi connectivity index (χ1n) is 8.16. The van der Waals surface area contributed by atoms with Crippen molar-refractivity contribution >= 4 is 34.8 Å². The van der Waals surface area contributed by atoms with E-state index in [0.717, 1.165) is 5.56 Å². The van der Waals surface area contributed by atoms with Crippen LogP contribution < -0.4 is 30.4 Å². The number of hydrogen-bond donors (Lipinski definition) is 3. The smallest absolute Gasteiger partial charge is 0.279 e. The molecule has 27 heavy (non-hydrogen) atoms. The summed E-state index contributed by atoms with van der Waals surface area (Å²) in [6.45, 7) is 2.31. The van der Waals surface area contributed by atoms with E-state index in [0.29, 0.717) is 28.8 Å². The fourth-order valence-corrected chi connectivity index (χ4v) is 2.51. The molecule has 2 aromatic carbocycles. The van der Waals surface area contributed by atoms with Gasteiger partial charge in [0.1, 0.15) is 5.75 Å². The van der Waals surface area contributed by atoms with Crippen molar-refractivity contribution in [3.05, 3.63) is 53.1 Å². The van der Waals surface area contributed by atoms with Gasteiger partial charge in [-0.15, -0.1) is 0 Å². The van der Waals surface area contributed by atoms with Gasteiger partial charge in [0.2, 0.25) is 6.79 Å². The number of hydrogen-bond acceptors (Lipinski definition) is 5. The van der Waals surface area contributed by atoms with Crippen LogP contribution in [0.15, 0.2) is 42.5 Å². The number of rotatable bonds is 5. The normalized spacial score (nSPS) is 12.8. The molecular formula is C18H18ClN3O4S. The summed E-state index contributed by atoms with van der Waals surface area (Å²) in [6.07, 6.45) is -0.739. The van der Waals surface area contributed by atoms with Crippen molar-refractivity contribution in [2.24, 2.45) is 0 Å². The van der Waals surface area contributed by atoms with Gasteiger partial charge >= 0.3 is 0 Å². The zero-order valence-electron chi connectivity index (χ0n) is 14.5. The largest absolute Gasteiger partial charge is 0.481 e. The van der Waals surface area contributed by atoms with Crippen molar-refractivity contribution in [1.82, 2.24) is 16.2 Å². The van der Waals surface area contributed by atoms with Crippen LogP contribution >= 0.6 is 23.8 Å². The molecule has 0 spiro atoms. The zero-order valence-corrected chi connectivity index (χ0v) is 16.0. The molecule has 1 aliphatic rings. The molecule has 0 bridgehead atoms. The maximum absolute atomic E-state index is 12.1. The van der Waals surface area contributed by atoms with Crippen molar-refractivity contribution in [1.29, 1.82) is 0 Å². The molecule has 0 aliphatic carbocycles. The maximum Gasteiger partial charge on any atom is 0.279 e. The Bertz CT molecular complexity index is 832. The monoisotopic (exact) mass is 407 g/mol. The van der Waals surface area contributed by atoms with Gasteiger partial charge in [-0.1, -0.05) is 23.7 Å². The van der Waals surface area contributed by atoms with Crippen LogP contribution in [0.3, 0.4) is 0 Å². The number of halogens is 1. The SMILES string of the molecule is C[C@H](Oc1ccc2c(c1)OCO2)C(=O)NNC(=S)NCc1ccc(Cl)cc1. The summed E-state index contributed by atoms with van der Waals surface area (Å²) < 4.78 is 16.1. The van der Waals surface area contributed by atoms with E-state index in [-0.39, 0.29) is 17.8 Å². The van der Waals surface area contributed by atoms with E-state index >= 15 is 0 Å². The lowest BCUT2D eigenvalue weighted by Gasteiger charge is -2.16. The van der Waals surface area contributed by atoms with E-state index in [1.54, 1.807) is 37.3 Å². The number of ether oxygens (including phenoxy) is 3. The molecule has 1 amide bonds. The molecule has 0 radical (unpaired) electrons. The van der Waals surface area contributed by atoms with Gasteiger partial charge in [-0.25, -0.2) is 0 Å². The highest BCUT2D eigenvalue weighted by Crippen LogP contribution is 2.35. The fourth-order valence-electron chi connectivity index (χ4n) is 2.26. The van der Waals surface area contributed by atoms with Gasteiger partial charge in [0.25, 0.3) is 5.91 Å². The molecule has 9 heteroatoms. The van der Waals surface area contributed by atoms with E-state index in [4.69, 9.17) is 38.0 Å². The molecule has 0 saturated heterocycles. The lowest BCUT2D eigenvalue weighted by atomic mass is 10.2. The van der Waals surface area contributed by atoms with Crippen LogP contribution in [0, 0.1) is 0 Å². The quantitative estimate of drug-likeness (QED) is 0.519. The Morgan fingerprint density at radius 2 is 1.93 bits per heavy atom. The molecule has 3 N–H and O–H groups in total. The van der Waals surface area contributed by atoms with Gasteiger partial charge in [0.15, 0.2) is 22.7 Å². The second kappa shape index (κ2) is 8.79. The molecule has 1 atom stereocenters. The molecule has 7 nitrogen and oxygen atoms in total. The summed E-state index contributed by atoms with van der Waals surface area (Å²) in [6, 6.07) is 12.5. The summed E-state index contributed by atoms with van der Waals surface area (Å²) in [7, 11) is 0. The second-order valence-corrected chi connectivity index (χ2v) is 6.54. The van der Waals surface area contributed by atoms with Gasteiger partial charge < -0.3 is 19.5 Å². The highest BCUT2D eigenvalue weighted by molar-refractivity contribution is 7.80. The van der Waals surface area contributed by atoms with E-state index in [1.807, 2.05) is 12.1 Å². The fraction of sp³-hybridized carbons (Fsp3) is 0.222. The summed E-state index contributed by atoms with van der Waals surface area (Å²) in [5.41, 5.74) is 6.16. The van der Waals surface area contributed by atoms with Crippen molar-refractivity contribution in [3.63, 3.8) is 0 Å². The summed E-state index contributed by atoms with van der Waals surface area (Å²) in [5.74, 6) is 1.37. The predicted octanol–water partition coefficient (Wildman–Crippen LogP) is 2.53. The number of fused-ring (bicyclic) bond motifs is 1. The summed E-state index contributed by atoms with van der Waals surface area (Å²) in [4.78, 5) is 12.1. The van der Waals surface area contributed by atoms with Gasteiger partial charge in [-0.3, -0.25) is 15.6 Å². The van der Waals surface area contributed by atoms with Crippen LogP contribution in [0.4, 0.5) is 0 Å². The molecule has 142 valence electrons. The van der Waals surface area contributed by atoms with Gasteiger partial charge in [-0.05, 0) is 49.0 Å². The van der Waals surface area contributed by atoms with Crippen LogP contribution in [0.2, 0.25) is 5.02 Å². The Morgan fingerprint density at radius 3 is 2.70 bits per heavy atom. The van der Waals surface area contributed by atoms with Crippen LogP contribution in [0.25, 0.3) is 0 Å². The molecule has 0 unspecified atom stereocenters. The minimum Gasteiger partial charge on any atom is -0.481 e. The van der Waals surface area contributed by atoms with Crippen LogP contribution in [0.1, 0.15) is 12.5 Å². The Labute approximate surface area is 166 Å². The Balaban J connectivity index is 1.41. The lowest BCUT2D eigenvalue weighted by molar-refractivity contribution is -0.127. The minimum absolute atomic E-state index is 0.180. The molecule has 3 rings (SSSR count). The average molecular weight is 408 g/mol. The average Bonchev–Trinajstić information content (AvgIpc) is 3.13. The topological polar surface area (TPSA) is 80.9 Å². The van der Waals surface area contributed by atoms with Crippen molar-refractivity contribution in [3.8, 4) is 17.2 Å². The lowest BCUT2D eigenvalue weighted by Crippen LogP contribution is -2.50. The van der Waals surface area contributed by atoms with Crippen LogP contribution in [-0.4, -0.2) is 23.9 Å². The van der Waals surface area contributed by atoms with E-state index in [2.05, 4.69) is 16.2 Å². The minimum atomic E-state index is -0.739. The Morgan fingerprint density at radius 1 is 1.19 bits per heavy atom. The van der Waals surface area contributed by atoms with Crippen molar-refractivity contribution in [2.75, 3.05) is 6.79 Å². The number of nitrogens with one attached hydrogen (secondary N) is 3. The number of benzene rings is 2. The zero-order chi connectivity index (χ0) is 19.2. The molecule has 0 saturated carbocycles. The molecule has 2 aromatic rings. The van der Waals surface area contributed by atoms with Crippen molar-refractivity contribution < 1.29 is 19.0 Å². The second-order valence-electron chi connectivity index (χ2n) is 5.70. The number of thiocarbonyl (C=S) groups is 1. The predicted molar refractivity (Wildman–Crippen MR) is 105 cm³/mol. The third-order valence-corrected chi connectivity index (χ3v) is 4.19. The molecule has 0 aromatic heterocycles. The number of carbonyl (C=O) groups is 1. The van der Waals surface area contributed by atoms with E-state index in [9.17, 15) is 4.79 Å². The first kappa shape index (κ1) is 19.1. The van der Waals surface area contributed by atoms with E-state index in [1.165, 1.54) is 0 Å². The first-order chi connectivity index (χ1) is 13.0. The third-order valence-electron chi connectivity index (χ3n) is 3.69. The van der Waals surface area contributed by atoms with E-state index < -0.39 is 6.10 Å². The van der Waals surface area contributed by atoms with Gasteiger partial charge in [-0.2, -0.15) is 0 Å². The molecule has 1 aliphatic heterocycles. The molecule has 1 heterocycles. The van der Waals surface area contributed by atoms with Gasteiger partial charge in [0, 0.05) is 17.6 Å². The van der Waals surface area contributed by atoms with Crippen LogP contribution in [0.5, 0.6) is 17.2 Å². The third kappa shape index (κ3) is 5.38. The number of amides is 1. The summed E-state index contributed by atoms with van der Waals surface area (Å²) >= 11 is 11.0. The van der Waals surface area contributed by atoms with Crippen LogP contribution in [-0.2, 0) is 11.3 Å².